The van der Waals surface area contributed by atoms with Gasteiger partial charge in [0.1, 0.15) is 11.9 Å². The smallest absolute Gasteiger partial charge is 0.124 e. The van der Waals surface area contributed by atoms with Crippen LogP contribution in [0.4, 0.5) is 10.1 Å². The van der Waals surface area contributed by atoms with Gasteiger partial charge in [0.2, 0.25) is 0 Å². The fraction of sp³-hybridized carbons (Fsp3) is 0.0625. The van der Waals surface area contributed by atoms with Gasteiger partial charge in [0, 0.05) is 23.6 Å². The lowest BCUT2D eigenvalue weighted by molar-refractivity contribution is 0.629. The predicted molar refractivity (Wildman–Crippen MR) is 77.4 cm³/mol. The molecule has 0 unspecified atom stereocenters. The van der Waals surface area contributed by atoms with E-state index in [1.807, 2.05) is 23.7 Å². The van der Waals surface area contributed by atoms with Gasteiger partial charge in [-0.2, -0.15) is 5.26 Å². The molecule has 0 aliphatic heterocycles. The third-order valence-corrected chi connectivity index (χ3v) is 3.46. The average Bonchev–Trinajstić information content (AvgIpc) is 2.72. The number of nitrogen functional groups attached to an aromatic ring is 1. The third-order valence-electron chi connectivity index (χ3n) is 3.46. The minimum absolute atomic E-state index is 0.344. The first-order chi connectivity index (χ1) is 9.61. The number of anilines is 1. The van der Waals surface area contributed by atoms with E-state index in [-0.39, 0.29) is 5.82 Å². The van der Waals surface area contributed by atoms with Gasteiger partial charge in [-0.3, -0.25) is 0 Å². The van der Waals surface area contributed by atoms with Gasteiger partial charge in [0.25, 0.3) is 0 Å². The maximum Gasteiger partial charge on any atom is 0.124 e. The van der Waals surface area contributed by atoms with Crippen LogP contribution < -0.4 is 5.73 Å². The molecular formula is C16H12FN3. The minimum atomic E-state index is -0.344. The average molecular weight is 265 g/mol. The van der Waals surface area contributed by atoms with Crippen molar-refractivity contribution in [3.63, 3.8) is 0 Å². The Kier molecular flexibility index (Phi) is 2.69. The maximum absolute atomic E-state index is 13.4. The molecule has 4 heteroatoms. The molecule has 0 amide bonds. The number of nitrogens with two attached hydrogens (primary N) is 1. The van der Waals surface area contributed by atoms with Crippen LogP contribution in [-0.2, 0) is 7.05 Å². The van der Waals surface area contributed by atoms with E-state index in [0.717, 1.165) is 16.8 Å². The Bertz CT molecular complexity index is 839. The van der Waals surface area contributed by atoms with Gasteiger partial charge >= 0.3 is 0 Å². The molecule has 1 aromatic heterocycles. The van der Waals surface area contributed by atoms with Crippen molar-refractivity contribution >= 4 is 16.6 Å². The quantitative estimate of drug-likeness (QED) is 0.685. The summed E-state index contributed by atoms with van der Waals surface area (Å²) in [5.41, 5.74) is 9.31. The molecule has 3 nitrogen and oxygen atoms in total. The van der Waals surface area contributed by atoms with Crippen molar-refractivity contribution in [1.82, 2.24) is 4.57 Å². The van der Waals surface area contributed by atoms with Crippen LogP contribution in [0.25, 0.3) is 22.2 Å². The number of nitriles is 1. The highest BCUT2D eigenvalue weighted by Crippen LogP contribution is 2.33. The van der Waals surface area contributed by atoms with Gasteiger partial charge in [-0.25, -0.2) is 4.39 Å². The summed E-state index contributed by atoms with van der Waals surface area (Å²) in [5.74, 6) is -0.344. The van der Waals surface area contributed by atoms with Gasteiger partial charge in [-0.05, 0) is 35.9 Å². The highest BCUT2D eigenvalue weighted by molar-refractivity contribution is 5.94. The van der Waals surface area contributed by atoms with E-state index < -0.39 is 0 Å². The number of rotatable bonds is 1. The van der Waals surface area contributed by atoms with Crippen molar-refractivity contribution in [3.8, 4) is 17.3 Å². The Labute approximate surface area is 115 Å². The lowest BCUT2D eigenvalue weighted by Crippen LogP contribution is -1.93. The fourth-order valence-electron chi connectivity index (χ4n) is 2.51. The van der Waals surface area contributed by atoms with Crippen LogP contribution >= 0.6 is 0 Å². The van der Waals surface area contributed by atoms with Crippen LogP contribution in [0.1, 0.15) is 5.56 Å². The molecule has 0 aliphatic carbocycles. The second-order valence-corrected chi connectivity index (χ2v) is 4.68. The zero-order valence-corrected chi connectivity index (χ0v) is 10.9. The van der Waals surface area contributed by atoms with Crippen LogP contribution in [0.5, 0.6) is 0 Å². The number of fused-ring (bicyclic) bond motifs is 1. The zero-order chi connectivity index (χ0) is 14.3. The first-order valence-corrected chi connectivity index (χ1v) is 6.16. The number of benzene rings is 2. The van der Waals surface area contributed by atoms with Crippen LogP contribution in [-0.4, -0.2) is 4.57 Å². The molecule has 0 radical (unpaired) electrons. The van der Waals surface area contributed by atoms with E-state index in [1.165, 1.54) is 12.1 Å². The van der Waals surface area contributed by atoms with Crippen molar-refractivity contribution < 1.29 is 4.39 Å². The maximum atomic E-state index is 13.4. The molecule has 0 saturated heterocycles. The molecule has 98 valence electrons. The van der Waals surface area contributed by atoms with Crippen LogP contribution in [0.3, 0.4) is 0 Å². The Balaban J connectivity index is 2.38. The molecule has 2 N–H and O–H groups in total. The van der Waals surface area contributed by atoms with Crippen molar-refractivity contribution in [1.29, 1.82) is 5.26 Å². The monoisotopic (exact) mass is 265 g/mol. The van der Waals surface area contributed by atoms with Crippen molar-refractivity contribution in [2.75, 3.05) is 5.73 Å². The second kappa shape index (κ2) is 4.39. The van der Waals surface area contributed by atoms with Gasteiger partial charge < -0.3 is 10.3 Å². The zero-order valence-electron chi connectivity index (χ0n) is 10.9. The molecule has 0 atom stereocenters. The lowest BCUT2D eigenvalue weighted by atomic mass is 10.1. The Hall–Kier alpha value is -2.80. The lowest BCUT2D eigenvalue weighted by Gasteiger charge is -2.05. The molecule has 3 aromatic rings. The van der Waals surface area contributed by atoms with Crippen LogP contribution in [0.2, 0.25) is 0 Å². The topological polar surface area (TPSA) is 54.7 Å². The largest absolute Gasteiger partial charge is 0.399 e. The highest BCUT2D eigenvalue weighted by Gasteiger charge is 2.16. The number of hydrogen-bond donors (Lipinski definition) is 1. The first-order valence-electron chi connectivity index (χ1n) is 6.16. The molecule has 20 heavy (non-hydrogen) atoms. The molecule has 0 fully saturated rings. The van der Waals surface area contributed by atoms with Crippen molar-refractivity contribution in [2.45, 2.75) is 0 Å². The number of aromatic nitrogens is 1. The summed E-state index contributed by atoms with van der Waals surface area (Å²) in [6, 6.07) is 14.0. The molecule has 0 bridgehead atoms. The van der Waals surface area contributed by atoms with Gasteiger partial charge in [-0.15, -0.1) is 0 Å². The molecule has 2 aromatic carbocycles. The van der Waals surface area contributed by atoms with Crippen LogP contribution in [0, 0.1) is 17.1 Å². The SMILES string of the molecule is Cn1c(-c2ccc(N)cc2)c(C#N)c2cc(F)ccc21. The first kappa shape index (κ1) is 12.2. The summed E-state index contributed by atoms with van der Waals surface area (Å²) in [7, 11) is 1.87. The van der Waals surface area contributed by atoms with E-state index in [0.29, 0.717) is 16.6 Å². The molecular weight excluding hydrogens is 253 g/mol. The summed E-state index contributed by atoms with van der Waals surface area (Å²) in [6.45, 7) is 0. The summed E-state index contributed by atoms with van der Waals surface area (Å²) in [4.78, 5) is 0. The number of nitrogens with zero attached hydrogens (tertiary/aromatic N) is 2. The Morgan fingerprint density at radius 3 is 2.50 bits per heavy atom. The number of halogens is 1. The second-order valence-electron chi connectivity index (χ2n) is 4.68. The number of aryl methyl sites for hydroxylation is 1. The Morgan fingerprint density at radius 1 is 1.15 bits per heavy atom. The van der Waals surface area contributed by atoms with Gasteiger partial charge in [0.05, 0.1) is 11.3 Å². The Morgan fingerprint density at radius 2 is 1.85 bits per heavy atom. The minimum Gasteiger partial charge on any atom is -0.399 e. The summed E-state index contributed by atoms with van der Waals surface area (Å²) < 4.78 is 15.3. The standard InChI is InChI=1S/C16H12FN3/c1-20-15-7-4-11(17)8-13(15)14(9-18)16(20)10-2-5-12(19)6-3-10/h2-8H,19H2,1H3. The molecule has 0 spiro atoms. The van der Waals surface area contributed by atoms with Crippen molar-refractivity contribution in [2.24, 2.45) is 7.05 Å². The summed E-state index contributed by atoms with van der Waals surface area (Å²) >= 11 is 0. The van der Waals surface area contributed by atoms with E-state index in [4.69, 9.17) is 5.73 Å². The molecule has 3 rings (SSSR count). The van der Waals surface area contributed by atoms with E-state index in [9.17, 15) is 9.65 Å². The van der Waals surface area contributed by atoms with Crippen molar-refractivity contribution in [3.05, 3.63) is 53.8 Å². The summed E-state index contributed by atoms with van der Waals surface area (Å²) in [6.07, 6.45) is 0. The molecule has 0 saturated carbocycles. The predicted octanol–water partition coefficient (Wildman–Crippen LogP) is 3.44. The van der Waals surface area contributed by atoms with E-state index in [2.05, 4.69) is 6.07 Å². The molecule has 0 aliphatic rings. The highest BCUT2D eigenvalue weighted by atomic mass is 19.1. The molecule has 1 heterocycles. The summed E-state index contributed by atoms with van der Waals surface area (Å²) in [5, 5.41) is 10.1. The number of hydrogen-bond acceptors (Lipinski definition) is 2. The third kappa shape index (κ3) is 1.72. The van der Waals surface area contributed by atoms with E-state index in [1.54, 1.807) is 18.2 Å². The normalized spacial score (nSPS) is 10.7. The van der Waals surface area contributed by atoms with Gasteiger partial charge in [-0.1, -0.05) is 12.1 Å². The fourth-order valence-corrected chi connectivity index (χ4v) is 2.51. The van der Waals surface area contributed by atoms with E-state index >= 15 is 0 Å². The van der Waals surface area contributed by atoms with Gasteiger partial charge in [0.15, 0.2) is 0 Å². The van der Waals surface area contributed by atoms with Crippen LogP contribution in [0.15, 0.2) is 42.5 Å².